The zero-order valence-electron chi connectivity index (χ0n) is 7.20. The molecule has 66 valence electrons. The van der Waals surface area contributed by atoms with Crippen molar-refractivity contribution >= 4 is 11.3 Å². The molecule has 0 aliphatic heterocycles. The molecule has 1 aliphatic carbocycles. The van der Waals surface area contributed by atoms with Crippen molar-refractivity contribution in [3.63, 3.8) is 0 Å². The van der Waals surface area contributed by atoms with Crippen LogP contribution in [0.2, 0.25) is 0 Å². The largest absolute Gasteiger partial charge is 0.330 e. The van der Waals surface area contributed by atoms with E-state index < -0.39 is 0 Å². The van der Waals surface area contributed by atoms with E-state index in [0.29, 0.717) is 0 Å². The minimum absolute atomic E-state index is 0.812. The third-order valence-corrected chi connectivity index (χ3v) is 3.82. The van der Waals surface area contributed by atoms with Gasteiger partial charge in [0.05, 0.1) is 0 Å². The number of hydrogen-bond donors (Lipinski definition) is 1. The molecule has 0 amide bonds. The fraction of sp³-hybridized carbons (Fsp3) is 0.600. The summed E-state index contributed by atoms with van der Waals surface area (Å²) < 4.78 is 0. The van der Waals surface area contributed by atoms with Gasteiger partial charge in [-0.2, -0.15) is 0 Å². The van der Waals surface area contributed by atoms with Gasteiger partial charge in [-0.3, -0.25) is 0 Å². The average molecular weight is 181 g/mol. The lowest BCUT2D eigenvalue weighted by molar-refractivity contribution is 0.184. The highest BCUT2D eigenvalue weighted by atomic mass is 32.1. The Balaban J connectivity index is 1.88. The van der Waals surface area contributed by atoms with Gasteiger partial charge in [-0.15, -0.1) is 11.3 Å². The van der Waals surface area contributed by atoms with E-state index in [1.165, 1.54) is 24.1 Å². The molecule has 1 heterocycles. The highest BCUT2D eigenvalue weighted by Gasteiger charge is 2.29. The van der Waals surface area contributed by atoms with Gasteiger partial charge in [0.25, 0.3) is 0 Å². The summed E-state index contributed by atoms with van der Waals surface area (Å²) in [6, 6.07) is 4.37. The van der Waals surface area contributed by atoms with Crippen LogP contribution in [0.4, 0.5) is 0 Å². The topological polar surface area (TPSA) is 26.0 Å². The van der Waals surface area contributed by atoms with Gasteiger partial charge < -0.3 is 5.73 Å². The van der Waals surface area contributed by atoms with Gasteiger partial charge in [0.15, 0.2) is 0 Å². The Hall–Kier alpha value is -0.340. The van der Waals surface area contributed by atoms with E-state index in [4.69, 9.17) is 5.73 Å². The quantitative estimate of drug-likeness (QED) is 0.760. The van der Waals surface area contributed by atoms with Gasteiger partial charge in [0.1, 0.15) is 0 Å². The summed E-state index contributed by atoms with van der Waals surface area (Å²) in [6.45, 7) is 0.885. The van der Waals surface area contributed by atoms with Crippen molar-refractivity contribution in [2.24, 2.45) is 17.6 Å². The van der Waals surface area contributed by atoms with Crippen LogP contribution in [-0.4, -0.2) is 6.54 Å². The summed E-state index contributed by atoms with van der Waals surface area (Å²) in [5.41, 5.74) is 5.66. The zero-order chi connectivity index (χ0) is 8.39. The second-order valence-corrected chi connectivity index (χ2v) is 4.65. The number of hydrogen-bond acceptors (Lipinski definition) is 2. The third-order valence-electron chi connectivity index (χ3n) is 2.92. The Kier molecular flexibility index (Phi) is 2.47. The van der Waals surface area contributed by atoms with E-state index in [-0.39, 0.29) is 0 Å². The van der Waals surface area contributed by atoms with Crippen molar-refractivity contribution in [1.82, 2.24) is 0 Å². The van der Waals surface area contributed by atoms with Gasteiger partial charge in [-0.1, -0.05) is 6.07 Å². The molecular formula is C10H15NS. The Labute approximate surface area is 77.6 Å². The normalized spacial score (nSPS) is 28.4. The molecule has 2 atom stereocenters. The summed E-state index contributed by atoms with van der Waals surface area (Å²) in [4.78, 5) is 1.53. The molecule has 0 spiro atoms. The second-order valence-electron chi connectivity index (χ2n) is 3.62. The monoisotopic (exact) mass is 181 g/mol. The molecule has 2 unspecified atom stereocenters. The van der Waals surface area contributed by atoms with Crippen LogP contribution in [0.5, 0.6) is 0 Å². The van der Waals surface area contributed by atoms with E-state index in [0.717, 1.165) is 18.4 Å². The van der Waals surface area contributed by atoms with Crippen LogP contribution in [0, 0.1) is 11.8 Å². The van der Waals surface area contributed by atoms with Crippen molar-refractivity contribution < 1.29 is 0 Å². The van der Waals surface area contributed by atoms with Crippen molar-refractivity contribution in [1.29, 1.82) is 0 Å². The minimum Gasteiger partial charge on any atom is -0.330 e. The number of nitrogens with two attached hydrogens (primary N) is 1. The smallest absolute Gasteiger partial charge is 0.00480 e. The van der Waals surface area contributed by atoms with Crippen LogP contribution in [0.15, 0.2) is 17.5 Å². The van der Waals surface area contributed by atoms with Crippen LogP contribution < -0.4 is 5.73 Å². The molecule has 12 heavy (non-hydrogen) atoms. The molecule has 0 radical (unpaired) electrons. The zero-order valence-corrected chi connectivity index (χ0v) is 8.02. The third kappa shape index (κ3) is 1.54. The lowest BCUT2D eigenvalue weighted by atomic mass is 9.72. The lowest BCUT2D eigenvalue weighted by Crippen LogP contribution is -2.33. The first-order chi connectivity index (χ1) is 5.90. The van der Waals surface area contributed by atoms with Gasteiger partial charge >= 0.3 is 0 Å². The molecule has 0 bridgehead atoms. The Morgan fingerprint density at radius 3 is 2.75 bits per heavy atom. The lowest BCUT2D eigenvalue weighted by Gasteiger charge is -2.35. The molecule has 0 aromatic carbocycles. The number of rotatable bonds is 3. The molecule has 2 N–H and O–H groups in total. The first kappa shape index (κ1) is 8.27. The number of thiophene rings is 1. The van der Waals surface area contributed by atoms with Crippen LogP contribution >= 0.6 is 11.3 Å². The van der Waals surface area contributed by atoms with E-state index in [1.807, 2.05) is 11.3 Å². The first-order valence-corrected chi connectivity index (χ1v) is 5.50. The second kappa shape index (κ2) is 3.58. The van der Waals surface area contributed by atoms with Crippen LogP contribution in [0.25, 0.3) is 0 Å². The molecule has 0 saturated heterocycles. The molecule has 1 aliphatic rings. The SMILES string of the molecule is NCC1CCC1Cc1cccs1. The Morgan fingerprint density at radius 1 is 1.42 bits per heavy atom. The first-order valence-electron chi connectivity index (χ1n) is 4.62. The van der Waals surface area contributed by atoms with E-state index in [1.54, 1.807) is 0 Å². The van der Waals surface area contributed by atoms with Gasteiger partial charge in [0.2, 0.25) is 0 Å². The maximum absolute atomic E-state index is 5.66. The van der Waals surface area contributed by atoms with E-state index in [9.17, 15) is 0 Å². The molecule has 1 saturated carbocycles. The molecule has 1 nitrogen and oxygen atoms in total. The van der Waals surface area contributed by atoms with E-state index >= 15 is 0 Å². The molecule has 1 fully saturated rings. The molecular weight excluding hydrogens is 166 g/mol. The van der Waals surface area contributed by atoms with Crippen LogP contribution in [0.1, 0.15) is 17.7 Å². The maximum atomic E-state index is 5.66. The van der Waals surface area contributed by atoms with Gasteiger partial charge in [-0.25, -0.2) is 0 Å². The fourth-order valence-corrected chi connectivity index (χ4v) is 2.70. The summed E-state index contributed by atoms with van der Waals surface area (Å²) in [5, 5.41) is 2.16. The van der Waals surface area contributed by atoms with Crippen molar-refractivity contribution in [3.05, 3.63) is 22.4 Å². The van der Waals surface area contributed by atoms with Crippen LogP contribution in [-0.2, 0) is 6.42 Å². The summed E-state index contributed by atoms with van der Waals surface area (Å²) >= 11 is 1.87. The van der Waals surface area contributed by atoms with Gasteiger partial charge in [0, 0.05) is 4.88 Å². The van der Waals surface area contributed by atoms with Crippen LogP contribution in [0.3, 0.4) is 0 Å². The molecule has 1 aromatic rings. The van der Waals surface area contributed by atoms with Gasteiger partial charge in [-0.05, 0) is 49.1 Å². The molecule has 1 aromatic heterocycles. The standard InChI is InChI=1S/C10H15NS/c11-7-9-4-3-8(9)6-10-2-1-5-12-10/h1-2,5,8-9H,3-4,6-7,11H2. The van der Waals surface area contributed by atoms with Crippen molar-refractivity contribution in [2.75, 3.05) is 6.54 Å². The molecule has 2 rings (SSSR count). The van der Waals surface area contributed by atoms with E-state index in [2.05, 4.69) is 17.5 Å². The summed E-state index contributed by atoms with van der Waals surface area (Å²) in [7, 11) is 0. The van der Waals surface area contributed by atoms with Crippen molar-refractivity contribution in [3.8, 4) is 0 Å². The summed E-state index contributed by atoms with van der Waals surface area (Å²) in [5.74, 6) is 1.70. The summed E-state index contributed by atoms with van der Waals surface area (Å²) in [6.07, 6.45) is 4.01. The highest BCUT2D eigenvalue weighted by molar-refractivity contribution is 7.09. The predicted octanol–water partition coefficient (Wildman–Crippen LogP) is 2.28. The Bertz CT molecular complexity index is 228. The average Bonchev–Trinajstić information content (AvgIpc) is 2.51. The van der Waals surface area contributed by atoms with Crippen molar-refractivity contribution in [2.45, 2.75) is 19.3 Å². The molecule has 2 heteroatoms. The fourth-order valence-electron chi connectivity index (χ4n) is 1.90. The minimum atomic E-state index is 0.812. The predicted molar refractivity (Wildman–Crippen MR) is 53.3 cm³/mol. The highest BCUT2D eigenvalue weighted by Crippen LogP contribution is 2.36. The maximum Gasteiger partial charge on any atom is 0.00480 e. The Morgan fingerprint density at radius 2 is 2.25 bits per heavy atom.